The van der Waals surface area contributed by atoms with Crippen LogP contribution in [0.2, 0.25) is 0 Å². The van der Waals surface area contributed by atoms with E-state index in [9.17, 15) is 0 Å². The van der Waals surface area contributed by atoms with Gasteiger partial charge in [0.25, 0.3) is 0 Å². The summed E-state index contributed by atoms with van der Waals surface area (Å²) in [6.07, 6.45) is 5.18. The molecule has 80 valence electrons. The van der Waals surface area contributed by atoms with Gasteiger partial charge in [0.15, 0.2) is 0 Å². The van der Waals surface area contributed by atoms with Crippen molar-refractivity contribution in [2.24, 2.45) is 0 Å². The summed E-state index contributed by atoms with van der Waals surface area (Å²) in [6.45, 7) is 2.86. The molecule has 0 aliphatic heterocycles. The summed E-state index contributed by atoms with van der Waals surface area (Å²) < 4.78 is 1.83. The van der Waals surface area contributed by atoms with Gasteiger partial charge in [-0.05, 0) is 19.1 Å². The zero-order valence-electron chi connectivity index (χ0n) is 8.88. The van der Waals surface area contributed by atoms with E-state index in [2.05, 4.69) is 15.4 Å². The van der Waals surface area contributed by atoms with Crippen molar-refractivity contribution in [1.29, 1.82) is 5.26 Å². The fourth-order valence-corrected chi connectivity index (χ4v) is 1.28. The van der Waals surface area contributed by atoms with E-state index in [4.69, 9.17) is 5.26 Å². The first kappa shape index (κ1) is 10.2. The average molecular weight is 213 g/mol. The fourth-order valence-electron chi connectivity index (χ4n) is 1.28. The van der Waals surface area contributed by atoms with Crippen molar-refractivity contribution in [1.82, 2.24) is 14.8 Å². The first-order chi connectivity index (χ1) is 7.81. The highest BCUT2D eigenvalue weighted by Crippen LogP contribution is 2.13. The number of hydrogen-bond donors (Lipinski definition) is 1. The number of nitrogens with zero attached hydrogens (tertiary/aromatic N) is 4. The molecule has 0 fully saturated rings. The highest BCUT2D eigenvalue weighted by atomic mass is 15.3. The van der Waals surface area contributed by atoms with Crippen LogP contribution < -0.4 is 5.32 Å². The van der Waals surface area contributed by atoms with E-state index in [-0.39, 0.29) is 0 Å². The standard InChI is InChI=1S/C11H11N5/c1-2-16-8-10(7-14-16)15-11-4-3-9(5-12)6-13-11/h3-4,6-8H,2H2,1H3,(H,13,15). The predicted octanol–water partition coefficient (Wildman–Crippen LogP) is 1.91. The van der Waals surface area contributed by atoms with Crippen LogP contribution in [0.3, 0.4) is 0 Å². The maximum atomic E-state index is 8.63. The molecule has 0 radical (unpaired) electrons. The van der Waals surface area contributed by atoms with E-state index < -0.39 is 0 Å². The summed E-state index contributed by atoms with van der Waals surface area (Å²) in [4.78, 5) is 4.11. The van der Waals surface area contributed by atoms with Gasteiger partial charge >= 0.3 is 0 Å². The molecule has 2 rings (SSSR count). The molecule has 2 heterocycles. The van der Waals surface area contributed by atoms with Gasteiger partial charge in [0.05, 0.1) is 17.4 Å². The Morgan fingerprint density at radius 3 is 2.88 bits per heavy atom. The Balaban J connectivity index is 2.11. The van der Waals surface area contributed by atoms with Gasteiger partial charge in [0.2, 0.25) is 0 Å². The number of nitrogens with one attached hydrogen (secondary N) is 1. The van der Waals surface area contributed by atoms with E-state index in [0.717, 1.165) is 12.2 Å². The summed E-state index contributed by atoms with van der Waals surface area (Å²) >= 11 is 0. The van der Waals surface area contributed by atoms with Crippen LogP contribution in [0.5, 0.6) is 0 Å². The molecule has 2 aromatic heterocycles. The lowest BCUT2D eigenvalue weighted by Crippen LogP contribution is -1.94. The van der Waals surface area contributed by atoms with Crippen LogP contribution in [0.25, 0.3) is 0 Å². The van der Waals surface area contributed by atoms with E-state index in [0.29, 0.717) is 11.4 Å². The number of pyridine rings is 1. The minimum atomic E-state index is 0.551. The lowest BCUT2D eigenvalue weighted by Gasteiger charge is -2.01. The zero-order chi connectivity index (χ0) is 11.4. The number of aryl methyl sites for hydroxylation is 1. The molecule has 0 aromatic carbocycles. The monoisotopic (exact) mass is 213 g/mol. The molecule has 0 aliphatic carbocycles. The first-order valence-electron chi connectivity index (χ1n) is 4.97. The Morgan fingerprint density at radius 1 is 1.44 bits per heavy atom. The Kier molecular flexibility index (Phi) is 2.83. The van der Waals surface area contributed by atoms with Gasteiger partial charge in [0, 0.05) is 18.9 Å². The van der Waals surface area contributed by atoms with Gasteiger partial charge in [-0.3, -0.25) is 4.68 Å². The summed E-state index contributed by atoms with van der Waals surface area (Å²) in [7, 11) is 0. The quantitative estimate of drug-likeness (QED) is 0.845. The average Bonchev–Trinajstić information content (AvgIpc) is 2.78. The second-order valence-electron chi connectivity index (χ2n) is 3.25. The molecule has 16 heavy (non-hydrogen) atoms. The largest absolute Gasteiger partial charge is 0.338 e. The molecule has 5 heteroatoms. The first-order valence-corrected chi connectivity index (χ1v) is 4.97. The van der Waals surface area contributed by atoms with E-state index in [1.54, 1.807) is 18.3 Å². The molecular weight excluding hydrogens is 202 g/mol. The molecule has 5 nitrogen and oxygen atoms in total. The van der Waals surface area contributed by atoms with Crippen molar-refractivity contribution in [2.75, 3.05) is 5.32 Å². The van der Waals surface area contributed by atoms with Gasteiger partial charge in [-0.1, -0.05) is 0 Å². The SMILES string of the molecule is CCn1cc(Nc2ccc(C#N)cn2)cn1. The maximum Gasteiger partial charge on any atom is 0.130 e. The molecule has 0 bridgehead atoms. The van der Waals surface area contributed by atoms with Gasteiger partial charge in [-0.2, -0.15) is 10.4 Å². The maximum absolute atomic E-state index is 8.63. The highest BCUT2D eigenvalue weighted by Gasteiger charge is 1.99. The molecule has 0 amide bonds. The summed E-state index contributed by atoms with van der Waals surface area (Å²) in [5.74, 6) is 0.703. The van der Waals surface area contributed by atoms with Gasteiger partial charge < -0.3 is 5.32 Å². The Bertz CT molecular complexity index is 506. The van der Waals surface area contributed by atoms with Crippen LogP contribution >= 0.6 is 0 Å². The summed E-state index contributed by atoms with van der Waals surface area (Å²) in [5.41, 5.74) is 1.44. The minimum absolute atomic E-state index is 0.551. The van der Waals surface area contributed by atoms with Crippen molar-refractivity contribution >= 4 is 11.5 Å². The third kappa shape index (κ3) is 2.17. The van der Waals surface area contributed by atoms with Crippen molar-refractivity contribution in [3.05, 3.63) is 36.3 Å². The molecule has 0 atom stereocenters. The molecule has 0 spiro atoms. The Labute approximate surface area is 93.4 Å². The predicted molar refractivity (Wildman–Crippen MR) is 60.1 cm³/mol. The van der Waals surface area contributed by atoms with Crippen molar-refractivity contribution in [3.63, 3.8) is 0 Å². The number of aromatic nitrogens is 3. The number of anilines is 2. The van der Waals surface area contributed by atoms with Crippen LogP contribution in [0.4, 0.5) is 11.5 Å². The summed E-state index contributed by atoms with van der Waals surface area (Å²) in [6, 6.07) is 5.51. The molecular formula is C11H11N5. The lowest BCUT2D eigenvalue weighted by molar-refractivity contribution is 0.660. The van der Waals surface area contributed by atoms with E-state index in [1.807, 2.05) is 23.9 Å². The van der Waals surface area contributed by atoms with E-state index in [1.165, 1.54) is 6.20 Å². The highest BCUT2D eigenvalue weighted by molar-refractivity contribution is 5.54. The Morgan fingerprint density at radius 2 is 2.31 bits per heavy atom. The third-order valence-corrected chi connectivity index (χ3v) is 2.12. The lowest BCUT2D eigenvalue weighted by atomic mass is 10.3. The molecule has 0 aliphatic rings. The van der Waals surface area contributed by atoms with Crippen LogP contribution in [0.1, 0.15) is 12.5 Å². The van der Waals surface area contributed by atoms with Crippen molar-refractivity contribution in [2.45, 2.75) is 13.5 Å². The van der Waals surface area contributed by atoms with Crippen LogP contribution in [-0.2, 0) is 6.54 Å². The Hall–Kier alpha value is -2.35. The molecule has 0 unspecified atom stereocenters. The number of nitriles is 1. The smallest absolute Gasteiger partial charge is 0.130 e. The van der Waals surface area contributed by atoms with Crippen LogP contribution in [0.15, 0.2) is 30.7 Å². The van der Waals surface area contributed by atoms with Crippen molar-refractivity contribution < 1.29 is 0 Å². The second-order valence-corrected chi connectivity index (χ2v) is 3.25. The van der Waals surface area contributed by atoms with Crippen LogP contribution in [0, 0.1) is 11.3 Å². The van der Waals surface area contributed by atoms with Gasteiger partial charge in [0.1, 0.15) is 11.9 Å². The molecule has 0 saturated carbocycles. The summed E-state index contributed by atoms with van der Waals surface area (Å²) in [5, 5.41) is 15.9. The van der Waals surface area contributed by atoms with Crippen LogP contribution in [-0.4, -0.2) is 14.8 Å². The third-order valence-electron chi connectivity index (χ3n) is 2.12. The zero-order valence-corrected chi connectivity index (χ0v) is 8.88. The van der Waals surface area contributed by atoms with E-state index >= 15 is 0 Å². The number of rotatable bonds is 3. The molecule has 0 saturated heterocycles. The van der Waals surface area contributed by atoms with Crippen molar-refractivity contribution in [3.8, 4) is 6.07 Å². The number of hydrogen-bond acceptors (Lipinski definition) is 4. The van der Waals surface area contributed by atoms with Gasteiger partial charge in [-0.15, -0.1) is 0 Å². The van der Waals surface area contributed by atoms with Gasteiger partial charge in [-0.25, -0.2) is 4.98 Å². The topological polar surface area (TPSA) is 66.5 Å². The minimum Gasteiger partial charge on any atom is -0.338 e. The fraction of sp³-hybridized carbons (Fsp3) is 0.182. The normalized spacial score (nSPS) is 9.75. The molecule has 2 aromatic rings. The molecule has 1 N–H and O–H groups in total. The second kappa shape index (κ2) is 4.45.